The van der Waals surface area contributed by atoms with Crippen LogP contribution in [0, 0.1) is 0 Å². The maximum Gasteiger partial charge on any atom is 0.138 e. The van der Waals surface area contributed by atoms with Crippen LogP contribution in [0.15, 0.2) is 12.3 Å². The summed E-state index contributed by atoms with van der Waals surface area (Å²) in [6.45, 7) is 0.504. The number of hydrogen-bond acceptors (Lipinski definition) is 4. The van der Waals surface area contributed by atoms with E-state index in [9.17, 15) is 0 Å². The molecule has 2 N–H and O–H groups in total. The van der Waals surface area contributed by atoms with Crippen LogP contribution in [0.1, 0.15) is 37.2 Å². The number of hydrogen-bond donors (Lipinski definition) is 1. The van der Waals surface area contributed by atoms with Crippen molar-refractivity contribution in [2.75, 3.05) is 0 Å². The third-order valence-corrected chi connectivity index (χ3v) is 4.09. The van der Waals surface area contributed by atoms with Gasteiger partial charge in [-0.3, -0.25) is 0 Å². The molecule has 1 aromatic heterocycles. The maximum absolute atomic E-state index is 5.54. The summed E-state index contributed by atoms with van der Waals surface area (Å²) in [5, 5.41) is 0.829. The van der Waals surface area contributed by atoms with Gasteiger partial charge in [-0.25, -0.2) is 9.97 Å². The molecule has 0 unspecified atom stereocenters. The molecule has 1 heterocycles. The number of nitrogens with two attached hydrogens (primary N) is 1. The van der Waals surface area contributed by atoms with Crippen LogP contribution >= 0.6 is 11.8 Å². The molecule has 0 amide bonds. The van der Waals surface area contributed by atoms with E-state index in [1.807, 2.05) is 17.8 Å². The maximum atomic E-state index is 5.54. The van der Waals surface area contributed by atoms with Gasteiger partial charge in [-0.15, -0.1) is 0 Å². The molecule has 0 aromatic carbocycles. The molecule has 0 radical (unpaired) electrons. The number of nitrogens with zero attached hydrogens (tertiary/aromatic N) is 2. The molecule has 1 saturated carbocycles. The minimum atomic E-state index is 0.504. The highest BCUT2D eigenvalue weighted by Gasteiger charge is 2.15. The first-order valence-electron chi connectivity index (χ1n) is 5.51. The first kappa shape index (κ1) is 10.9. The molecule has 3 nitrogen and oxygen atoms in total. The molecular weight excluding hydrogens is 206 g/mol. The van der Waals surface area contributed by atoms with E-state index in [1.54, 1.807) is 6.20 Å². The van der Waals surface area contributed by atoms with Gasteiger partial charge in [0.1, 0.15) is 5.82 Å². The fourth-order valence-corrected chi connectivity index (χ4v) is 3.06. The van der Waals surface area contributed by atoms with E-state index in [4.69, 9.17) is 5.73 Å². The lowest BCUT2D eigenvalue weighted by atomic mass is 10.4. The van der Waals surface area contributed by atoms with Crippen molar-refractivity contribution in [2.24, 2.45) is 5.73 Å². The summed E-state index contributed by atoms with van der Waals surface area (Å²) >= 11 is 1.99. The minimum Gasteiger partial charge on any atom is -0.325 e. The molecule has 4 heteroatoms. The molecule has 82 valence electrons. The second-order valence-electron chi connectivity index (χ2n) is 3.89. The van der Waals surface area contributed by atoms with Gasteiger partial charge >= 0.3 is 0 Å². The molecular formula is C11H17N3S. The van der Waals surface area contributed by atoms with Gasteiger partial charge in [0.05, 0.1) is 11.4 Å². The van der Waals surface area contributed by atoms with E-state index in [-0.39, 0.29) is 0 Å². The molecule has 0 aliphatic heterocycles. The van der Waals surface area contributed by atoms with Crippen molar-refractivity contribution >= 4 is 11.8 Å². The van der Waals surface area contributed by atoms with Gasteiger partial charge in [0.25, 0.3) is 0 Å². The van der Waals surface area contributed by atoms with Crippen molar-refractivity contribution in [2.45, 2.75) is 43.2 Å². The lowest BCUT2D eigenvalue weighted by Gasteiger charge is -2.07. The normalized spacial score (nSPS) is 17.1. The van der Waals surface area contributed by atoms with Crippen LogP contribution < -0.4 is 5.73 Å². The van der Waals surface area contributed by atoms with E-state index in [1.165, 1.54) is 25.7 Å². The van der Waals surface area contributed by atoms with Crippen molar-refractivity contribution < 1.29 is 0 Å². The predicted octanol–water partition coefficient (Wildman–Crippen LogP) is 2.11. The molecule has 0 saturated heterocycles. The zero-order chi connectivity index (χ0) is 10.5. The Labute approximate surface area is 94.9 Å². The highest BCUT2D eigenvalue weighted by molar-refractivity contribution is 7.99. The highest BCUT2D eigenvalue weighted by atomic mass is 32.2. The summed E-state index contributed by atoms with van der Waals surface area (Å²) in [5.41, 5.74) is 6.48. The molecule has 0 bridgehead atoms. The average molecular weight is 223 g/mol. The summed E-state index contributed by atoms with van der Waals surface area (Å²) in [5.74, 6) is 1.85. The van der Waals surface area contributed by atoms with Gasteiger partial charge in [-0.2, -0.15) is 11.8 Å². The second-order valence-corrected chi connectivity index (χ2v) is 5.17. The van der Waals surface area contributed by atoms with E-state index in [2.05, 4.69) is 9.97 Å². The quantitative estimate of drug-likeness (QED) is 0.849. The molecule has 1 aliphatic carbocycles. The number of thioether (sulfide) groups is 1. The third-order valence-electron chi connectivity index (χ3n) is 2.72. The highest BCUT2D eigenvalue weighted by Crippen LogP contribution is 2.30. The average Bonchev–Trinajstić information content (AvgIpc) is 2.79. The van der Waals surface area contributed by atoms with Crippen molar-refractivity contribution in [1.82, 2.24) is 9.97 Å². The fourth-order valence-electron chi connectivity index (χ4n) is 1.87. The Morgan fingerprint density at radius 3 is 2.93 bits per heavy atom. The van der Waals surface area contributed by atoms with E-state index in [0.717, 1.165) is 22.5 Å². The smallest absolute Gasteiger partial charge is 0.138 e. The molecule has 0 atom stereocenters. The topological polar surface area (TPSA) is 51.8 Å². The SMILES string of the molecule is NCc1ccnc(CSC2CCCC2)n1. The van der Waals surface area contributed by atoms with Gasteiger partial charge in [0.2, 0.25) is 0 Å². The predicted molar refractivity (Wildman–Crippen MR) is 63.5 cm³/mol. The fraction of sp³-hybridized carbons (Fsp3) is 0.636. The first-order chi connectivity index (χ1) is 7.38. The van der Waals surface area contributed by atoms with Crippen LogP contribution in [0.25, 0.3) is 0 Å². The van der Waals surface area contributed by atoms with Gasteiger partial charge in [0, 0.05) is 18.0 Å². The number of rotatable bonds is 4. The monoisotopic (exact) mass is 223 g/mol. The summed E-state index contributed by atoms with van der Waals surface area (Å²) in [6, 6.07) is 1.88. The molecule has 1 aromatic rings. The molecule has 2 rings (SSSR count). The standard InChI is InChI=1S/C11H17N3S/c12-7-9-5-6-13-11(14-9)8-15-10-3-1-2-4-10/h5-6,10H,1-4,7-8,12H2. The van der Waals surface area contributed by atoms with Gasteiger partial charge < -0.3 is 5.73 Å². The van der Waals surface area contributed by atoms with E-state index in [0.29, 0.717) is 6.54 Å². The van der Waals surface area contributed by atoms with Gasteiger partial charge in [-0.05, 0) is 18.9 Å². The molecule has 1 fully saturated rings. The van der Waals surface area contributed by atoms with Crippen LogP contribution in [-0.4, -0.2) is 15.2 Å². The van der Waals surface area contributed by atoms with E-state index < -0.39 is 0 Å². The minimum absolute atomic E-state index is 0.504. The van der Waals surface area contributed by atoms with Gasteiger partial charge in [-0.1, -0.05) is 12.8 Å². The molecule has 1 aliphatic rings. The number of aromatic nitrogens is 2. The molecule has 0 spiro atoms. The second kappa shape index (κ2) is 5.47. The lowest BCUT2D eigenvalue weighted by Crippen LogP contribution is -2.04. The lowest BCUT2D eigenvalue weighted by molar-refractivity contribution is 0.886. The zero-order valence-electron chi connectivity index (χ0n) is 8.85. The van der Waals surface area contributed by atoms with Crippen LogP contribution in [0.5, 0.6) is 0 Å². The molecule has 15 heavy (non-hydrogen) atoms. The van der Waals surface area contributed by atoms with Crippen LogP contribution in [0.2, 0.25) is 0 Å². The summed E-state index contributed by atoms with van der Waals surface area (Å²) in [4.78, 5) is 8.66. The van der Waals surface area contributed by atoms with Crippen LogP contribution in [0.3, 0.4) is 0 Å². The van der Waals surface area contributed by atoms with Crippen LogP contribution in [-0.2, 0) is 12.3 Å². The van der Waals surface area contributed by atoms with E-state index >= 15 is 0 Å². The first-order valence-corrected chi connectivity index (χ1v) is 6.56. The third kappa shape index (κ3) is 3.18. The Morgan fingerprint density at radius 1 is 1.40 bits per heavy atom. The summed E-state index contributed by atoms with van der Waals surface area (Å²) < 4.78 is 0. The van der Waals surface area contributed by atoms with Crippen molar-refractivity contribution in [3.63, 3.8) is 0 Å². The van der Waals surface area contributed by atoms with Gasteiger partial charge in [0.15, 0.2) is 0 Å². The summed E-state index contributed by atoms with van der Waals surface area (Å²) in [7, 11) is 0. The Kier molecular flexibility index (Phi) is 3.97. The van der Waals surface area contributed by atoms with Crippen LogP contribution in [0.4, 0.5) is 0 Å². The summed E-state index contributed by atoms with van der Waals surface area (Å²) in [6.07, 6.45) is 7.31. The Hall–Kier alpha value is -0.610. The van der Waals surface area contributed by atoms with Crippen molar-refractivity contribution in [1.29, 1.82) is 0 Å². The van der Waals surface area contributed by atoms with Crippen molar-refractivity contribution in [3.05, 3.63) is 23.8 Å². The largest absolute Gasteiger partial charge is 0.325 e. The Balaban J connectivity index is 1.86. The van der Waals surface area contributed by atoms with Crippen molar-refractivity contribution in [3.8, 4) is 0 Å². The Bertz CT molecular complexity index is 310. The Morgan fingerprint density at radius 2 is 2.20 bits per heavy atom. The zero-order valence-corrected chi connectivity index (χ0v) is 9.67.